The molecule has 0 atom stereocenters. The molecule has 1 aromatic carbocycles. The number of aromatic nitrogens is 2. The van der Waals surface area contributed by atoms with Crippen LogP contribution in [-0.4, -0.2) is 16.1 Å². The first-order chi connectivity index (χ1) is 9.32. The molecular weight excluding hydrogens is 300 g/mol. The van der Waals surface area contributed by atoms with Gasteiger partial charge in [0.05, 0.1) is 12.1 Å². The lowest BCUT2D eigenvalue weighted by Gasteiger charge is -2.04. The first-order valence-corrected chi connectivity index (χ1v) is 5.74. The lowest BCUT2D eigenvalue weighted by Crippen LogP contribution is -2.10. The van der Waals surface area contributed by atoms with Gasteiger partial charge in [-0.05, 0) is 17.7 Å². The van der Waals surface area contributed by atoms with Crippen LogP contribution in [0.1, 0.15) is 21.6 Å². The van der Waals surface area contributed by atoms with Crippen LogP contribution in [0.25, 0.3) is 0 Å². The Morgan fingerprint density at radius 2 is 1.85 bits per heavy atom. The predicted molar refractivity (Wildman–Crippen MR) is 63.1 cm³/mol. The second kappa shape index (κ2) is 5.24. The van der Waals surface area contributed by atoms with Crippen molar-refractivity contribution in [1.82, 2.24) is 9.78 Å². The number of carbonyl (C=O) groups excluding carboxylic acids is 1. The van der Waals surface area contributed by atoms with Crippen molar-refractivity contribution in [1.29, 1.82) is 0 Å². The molecule has 0 unspecified atom stereocenters. The maximum absolute atomic E-state index is 12.7. The third-order valence-electron chi connectivity index (χ3n) is 2.56. The van der Waals surface area contributed by atoms with Gasteiger partial charge in [-0.3, -0.25) is 4.79 Å². The lowest BCUT2D eigenvalue weighted by molar-refractivity contribution is -0.141. The average molecular weight is 307 g/mol. The molecule has 1 heterocycles. The van der Waals surface area contributed by atoms with E-state index in [0.717, 1.165) is 16.8 Å². The third kappa shape index (κ3) is 2.82. The molecule has 0 aliphatic rings. The van der Waals surface area contributed by atoms with Crippen LogP contribution in [-0.2, 0) is 12.7 Å². The zero-order valence-electron chi connectivity index (χ0n) is 9.79. The van der Waals surface area contributed by atoms with E-state index in [0.29, 0.717) is 5.56 Å². The van der Waals surface area contributed by atoms with Crippen LogP contribution in [0.4, 0.5) is 17.6 Å². The number of hydrogen-bond acceptors (Lipinski definition) is 2. The van der Waals surface area contributed by atoms with Gasteiger partial charge in [0.15, 0.2) is 12.0 Å². The zero-order chi connectivity index (χ0) is 14.9. The molecule has 0 bridgehead atoms. The Morgan fingerprint density at radius 3 is 2.30 bits per heavy atom. The Balaban J connectivity index is 2.40. The second-order valence-electron chi connectivity index (χ2n) is 3.95. The minimum atomic E-state index is -4.77. The molecule has 0 saturated carbocycles. The summed E-state index contributed by atoms with van der Waals surface area (Å²) in [6.45, 7) is -0.101. The average Bonchev–Trinajstić information content (AvgIpc) is 2.69. The van der Waals surface area contributed by atoms with Crippen LogP contribution in [0, 0.1) is 5.82 Å². The maximum atomic E-state index is 12.7. The fourth-order valence-electron chi connectivity index (χ4n) is 1.64. The summed E-state index contributed by atoms with van der Waals surface area (Å²) in [5.41, 5.74) is -1.54. The van der Waals surface area contributed by atoms with Gasteiger partial charge in [0, 0.05) is 0 Å². The Bertz CT molecular complexity index is 634. The Labute approximate surface area is 115 Å². The van der Waals surface area contributed by atoms with Gasteiger partial charge in [0.2, 0.25) is 0 Å². The van der Waals surface area contributed by atoms with E-state index >= 15 is 0 Å². The summed E-state index contributed by atoms with van der Waals surface area (Å²) in [6, 6.07) is 5.11. The number of aldehydes is 1. The van der Waals surface area contributed by atoms with Crippen molar-refractivity contribution in [3.05, 3.63) is 52.1 Å². The molecule has 2 rings (SSSR count). The summed E-state index contributed by atoms with van der Waals surface area (Å²) < 4.78 is 51.6. The van der Waals surface area contributed by atoms with E-state index < -0.39 is 28.4 Å². The molecule has 0 aliphatic heterocycles. The number of nitrogens with zero attached hydrogens (tertiary/aromatic N) is 2. The highest BCUT2D eigenvalue weighted by atomic mass is 35.5. The number of benzene rings is 1. The molecule has 0 fully saturated rings. The quantitative estimate of drug-likeness (QED) is 0.642. The van der Waals surface area contributed by atoms with Gasteiger partial charge in [-0.1, -0.05) is 23.7 Å². The molecule has 2 aromatic rings. The number of alkyl halides is 3. The molecule has 0 radical (unpaired) electrons. The van der Waals surface area contributed by atoms with Crippen LogP contribution in [0.3, 0.4) is 0 Å². The van der Waals surface area contributed by atoms with Gasteiger partial charge < -0.3 is 0 Å². The summed E-state index contributed by atoms with van der Waals surface area (Å²) in [4.78, 5) is 10.7. The summed E-state index contributed by atoms with van der Waals surface area (Å²) in [5.74, 6) is -0.468. The number of rotatable bonds is 3. The fraction of sp³-hybridized carbons (Fsp3) is 0.167. The van der Waals surface area contributed by atoms with Gasteiger partial charge >= 0.3 is 6.18 Å². The minimum Gasteiger partial charge on any atom is -0.298 e. The smallest absolute Gasteiger partial charge is 0.298 e. The van der Waals surface area contributed by atoms with E-state index in [1.54, 1.807) is 0 Å². The van der Waals surface area contributed by atoms with Gasteiger partial charge in [-0.2, -0.15) is 18.3 Å². The lowest BCUT2D eigenvalue weighted by atomic mass is 10.2. The van der Waals surface area contributed by atoms with Crippen molar-refractivity contribution in [2.24, 2.45) is 0 Å². The monoisotopic (exact) mass is 306 g/mol. The molecule has 8 heteroatoms. The standard InChI is InChI=1S/C12H7ClF4N2O/c13-11-9(6-20)10(12(15,16)17)18-19(11)5-7-1-3-8(14)4-2-7/h1-4,6H,5H2. The summed E-state index contributed by atoms with van der Waals surface area (Å²) >= 11 is 5.71. The first-order valence-electron chi connectivity index (χ1n) is 5.36. The van der Waals surface area contributed by atoms with Crippen molar-refractivity contribution in [3.8, 4) is 0 Å². The normalized spacial score (nSPS) is 11.7. The summed E-state index contributed by atoms with van der Waals surface area (Å²) in [5, 5.41) is 2.90. The summed E-state index contributed by atoms with van der Waals surface area (Å²) in [6.07, 6.45) is -4.76. The fourth-order valence-corrected chi connectivity index (χ4v) is 1.87. The Hall–Kier alpha value is -1.89. The Morgan fingerprint density at radius 1 is 1.25 bits per heavy atom. The molecule has 106 valence electrons. The largest absolute Gasteiger partial charge is 0.435 e. The van der Waals surface area contributed by atoms with E-state index in [1.807, 2.05) is 0 Å². The second-order valence-corrected chi connectivity index (χ2v) is 4.31. The molecule has 0 saturated heterocycles. The molecular formula is C12H7ClF4N2O. The molecule has 0 aliphatic carbocycles. The van der Waals surface area contributed by atoms with Crippen LogP contribution >= 0.6 is 11.6 Å². The van der Waals surface area contributed by atoms with E-state index in [2.05, 4.69) is 5.10 Å². The molecule has 0 N–H and O–H groups in total. The first kappa shape index (κ1) is 14.5. The van der Waals surface area contributed by atoms with Crippen LogP contribution in [0.15, 0.2) is 24.3 Å². The van der Waals surface area contributed by atoms with Gasteiger partial charge in [-0.25, -0.2) is 9.07 Å². The van der Waals surface area contributed by atoms with E-state index in [1.165, 1.54) is 12.1 Å². The SMILES string of the molecule is O=Cc1c(C(F)(F)F)nn(Cc2ccc(F)cc2)c1Cl. The van der Waals surface area contributed by atoms with Crippen molar-refractivity contribution in [2.45, 2.75) is 12.7 Å². The molecule has 3 nitrogen and oxygen atoms in total. The van der Waals surface area contributed by atoms with Crippen molar-refractivity contribution in [2.75, 3.05) is 0 Å². The van der Waals surface area contributed by atoms with E-state index in [4.69, 9.17) is 11.6 Å². The molecule has 20 heavy (non-hydrogen) atoms. The van der Waals surface area contributed by atoms with Gasteiger partial charge in [0.1, 0.15) is 11.0 Å². The number of hydrogen-bond donors (Lipinski definition) is 0. The van der Waals surface area contributed by atoms with Crippen LogP contribution in [0.2, 0.25) is 5.15 Å². The number of halogens is 5. The third-order valence-corrected chi connectivity index (χ3v) is 2.96. The predicted octanol–water partition coefficient (Wildman–Crippen LogP) is 3.56. The highest BCUT2D eigenvalue weighted by Crippen LogP contribution is 2.33. The Kier molecular flexibility index (Phi) is 3.80. The van der Waals surface area contributed by atoms with E-state index in [9.17, 15) is 22.4 Å². The molecule has 0 spiro atoms. The maximum Gasteiger partial charge on any atom is 0.435 e. The van der Waals surface area contributed by atoms with Gasteiger partial charge in [-0.15, -0.1) is 0 Å². The van der Waals surface area contributed by atoms with Crippen molar-refractivity contribution in [3.63, 3.8) is 0 Å². The van der Waals surface area contributed by atoms with Crippen molar-refractivity contribution < 1.29 is 22.4 Å². The molecule has 0 amide bonds. The highest BCUT2D eigenvalue weighted by Gasteiger charge is 2.39. The van der Waals surface area contributed by atoms with E-state index in [-0.39, 0.29) is 12.8 Å². The van der Waals surface area contributed by atoms with Crippen molar-refractivity contribution >= 4 is 17.9 Å². The highest BCUT2D eigenvalue weighted by molar-refractivity contribution is 6.32. The summed E-state index contributed by atoms with van der Waals surface area (Å²) in [7, 11) is 0. The molecule has 1 aromatic heterocycles. The van der Waals surface area contributed by atoms with Crippen LogP contribution in [0.5, 0.6) is 0 Å². The zero-order valence-corrected chi connectivity index (χ0v) is 10.5. The number of carbonyl (C=O) groups is 1. The minimum absolute atomic E-state index is 0.0132. The van der Waals surface area contributed by atoms with Crippen LogP contribution < -0.4 is 0 Å². The van der Waals surface area contributed by atoms with Gasteiger partial charge in [0.25, 0.3) is 0 Å². The topological polar surface area (TPSA) is 34.9 Å².